The maximum atomic E-state index is 12.1. The number of aromatic hydroxyl groups is 1. The summed E-state index contributed by atoms with van der Waals surface area (Å²) in [5.74, 6) is 0.547. The molecule has 2 N–H and O–H groups in total. The second kappa shape index (κ2) is 5.89. The zero-order valence-electron chi connectivity index (χ0n) is 10.9. The summed E-state index contributed by atoms with van der Waals surface area (Å²) in [6.45, 7) is 1.83. The Labute approximate surface area is 108 Å². The van der Waals surface area contributed by atoms with Crippen LogP contribution in [0.5, 0.6) is 5.75 Å². The molecule has 0 saturated heterocycles. The van der Waals surface area contributed by atoms with E-state index < -0.39 is 0 Å². The van der Waals surface area contributed by atoms with Crippen LogP contribution in [0.4, 0.5) is 5.69 Å². The van der Waals surface area contributed by atoms with Gasteiger partial charge in [0.2, 0.25) is 5.91 Å². The summed E-state index contributed by atoms with van der Waals surface area (Å²) < 4.78 is 0. The van der Waals surface area contributed by atoms with Gasteiger partial charge in [-0.3, -0.25) is 4.79 Å². The summed E-state index contributed by atoms with van der Waals surface area (Å²) in [5.41, 5.74) is 1.56. The zero-order valence-corrected chi connectivity index (χ0v) is 10.9. The number of hydrogen-bond acceptors (Lipinski definition) is 2. The number of phenols is 1. The molecular weight excluding hydrogens is 226 g/mol. The Balaban J connectivity index is 1.99. The van der Waals surface area contributed by atoms with E-state index >= 15 is 0 Å². The van der Waals surface area contributed by atoms with Crippen LogP contribution >= 0.6 is 0 Å². The smallest absolute Gasteiger partial charge is 0.227 e. The van der Waals surface area contributed by atoms with E-state index in [9.17, 15) is 9.90 Å². The first-order chi connectivity index (χ1) is 8.66. The zero-order chi connectivity index (χ0) is 13.0. The summed E-state index contributed by atoms with van der Waals surface area (Å²) in [5, 5.41) is 12.4. The predicted octanol–water partition coefficient (Wildman–Crippen LogP) is 3.61. The molecule has 0 radical (unpaired) electrons. The van der Waals surface area contributed by atoms with E-state index in [0.717, 1.165) is 36.9 Å². The van der Waals surface area contributed by atoms with Crippen molar-refractivity contribution in [2.75, 3.05) is 5.32 Å². The van der Waals surface area contributed by atoms with Crippen LogP contribution in [0.1, 0.15) is 44.1 Å². The Hall–Kier alpha value is -1.51. The fraction of sp³-hybridized carbons (Fsp3) is 0.533. The Kier molecular flexibility index (Phi) is 4.24. The summed E-state index contributed by atoms with van der Waals surface area (Å²) in [6, 6.07) is 5.18. The molecule has 0 aliphatic heterocycles. The molecule has 0 unspecified atom stereocenters. The highest BCUT2D eigenvalue weighted by atomic mass is 16.3. The van der Waals surface area contributed by atoms with Crippen LogP contribution in [0, 0.1) is 12.8 Å². The first-order valence-corrected chi connectivity index (χ1v) is 6.77. The van der Waals surface area contributed by atoms with Crippen LogP contribution < -0.4 is 5.32 Å². The molecule has 0 bridgehead atoms. The molecule has 1 amide bonds. The minimum Gasteiger partial charge on any atom is -0.508 e. The van der Waals surface area contributed by atoms with Crippen molar-refractivity contribution in [2.24, 2.45) is 5.92 Å². The number of anilines is 1. The summed E-state index contributed by atoms with van der Waals surface area (Å²) in [6.07, 6.45) is 6.83. The third-order valence-electron chi connectivity index (χ3n) is 3.69. The lowest BCUT2D eigenvalue weighted by Gasteiger charge is -2.14. The average Bonchev–Trinajstić information content (AvgIpc) is 2.62. The van der Waals surface area contributed by atoms with Gasteiger partial charge in [-0.25, -0.2) is 0 Å². The Morgan fingerprint density at radius 3 is 2.50 bits per heavy atom. The molecule has 1 saturated carbocycles. The monoisotopic (exact) mass is 247 g/mol. The summed E-state index contributed by atoms with van der Waals surface area (Å²) >= 11 is 0. The van der Waals surface area contributed by atoms with Gasteiger partial charge in [0.25, 0.3) is 0 Å². The second-order valence-electron chi connectivity index (χ2n) is 5.18. The van der Waals surface area contributed by atoms with Gasteiger partial charge in [-0.15, -0.1) is 0 Å². The van der Waals surface area contributed by atoms with Crippen molar-refractivity contribution < 1.29 is 9.90 Å². The molecule has 1 aliphatic rings. The van der Waals surface area contributed by atoms with E-state index in [2.05, 4.69) is 5.32 Å². The van der Waals surface area contributed by atoms with E-state index in [0.29, 0.717) is 0 Å². The number of phenolic OH excluding ortho intramolecular Hbond substituents is 1. The lowest BCUT2D eigenvalue weighted by Crippen LogP contribution is -2.22. The second-order valence-corrected chi connectivity index (χ2v) is 5.18. The van der Waals surface area contributed by atoms with Gasteiger partial charge in [0.15, 0.2) is 0 Å². The largest absolute Gasteiger partial charge is 0.508 e. The predicted molar refractivity (Wildman–Crippen MR) is 72.7 cm³/mol. The maximum absolute atomic E-state index is 12.1. The molecule has 1 aromatic rings. The summed E-state index contributed by atoms with van der Waals surface area (Å²) in [4.78, 5) is 12.1. The van der Waals surface area contributed by atoms with Crippen LogP contribution in [-0.2, 0) is 4.79 Å². The molecule has 0 spiro atoms. The molecule has 98 valence electrons. The standard InChI is InChI=1S/C15H21NO2/c1-11-10-13(8-9-14(11)17)16-15(18)12-6-4-2-3-5-7-12/h8-10,12,17H,2-7H2,1H3,(H,16,18). The van der Waals surface area contributed by atoms with E-state index in [1.165, 1.54) is 12.8 Å². The van der Waals surface area contributed by atoms with E-state index in [1.807, 2.05) is 13.0 Å². The van der Waals surface area contributed by atoms with E-state index in [-0.39, 0.29) is 17.6 Å². The van der Waals surface area contributed by atoms with Gasteiger partial charge in [0.05, 0.1) is 0 Å². The lowest BCUT2D eigenvalue weighted by atomic mass is 9.99. The number of aryl methyl sites for hydroxylation is 1. The topological polar surface area (TPSA) is 49.3 Å². The van der Waals surface area contributed by atoms with Crippen molar-refractivity contribution in [3.05, 3.63) is 23.8 Å². The first kappa shape index (κ1) is 12.9. The number of carbonyl (C=O) groups excluding carboxylic acids is 1. The van der Waals surface area contributed by atoms with Crippen molar-refractivity contribution in [3.8, 4) is 5.75 Å². The lowest BCUT2D eigenvalue weighted by molar-refractivity contribution is -0.120. The molecule has 1 fully saturated rings. The quantitative estimate of drug-likeness (QED) is 0.619. The molecule has 3 nitrogen and oxygen atoms in total. The van der Waals surface area contributed by atoms with Gasteiger partial charge in [0, 0.05) is 11.6 Å². The van der Waals surface area contributed by atoms with Crippen molar-refractivity contribution >= 4 is 11.6 Å². The molecule has 2 rings (SSSR count). The van der Waals surface area contributed by atoms with E-state index in [1.54, 1.807) is 12.1 Å². The normalized spacial score (nSPS) is 17.2. The minimum atomic E-state index is 0.127. The molecule has 18 heavy (non-hydrogen) atoms. The average molecular weight is 247 g/mol. The molecular formula is C15H21NO2. The van der Waals surface area contributed by atoms with Crippen LogP contribution in [0.15, 0.2) is 18.2 Å². The number of carbonyl (C=O) groups is 1. The molecule has 0 atom stereocenters. The molecule has 0 heterocycles. The third-order valence-corrected chi connectivity index (χ3v) is 3.69. The number of amides is 1. The Morgan fingerprint density at radius 1 is 1.22 bits per heavy atom. The van der Waals surface area contributed by atoms with Crippen molar-refractivity contribution in [2.45, 2.75) is 45.4 Å². The maximum Gasteiger partial charge on any atom is 0.227 e. The van der Waals surface area contributed by atoms with Gasteiger partial charge in [0.1, 0.15) is 5.75 Å². The van der Waals surface area contributed by atoms with E-state index in [4.69, 9.17) is 0 Å². The van der Waals surface area contributed by atoms with Crippen molar-refractivity contribution in [1.29, 1.82) is 0 Å². The first-order valence-electron chi connectivity index (χ1n) is 6.77. The SMILES string of the molecule is Cc1cc(NC(=O)C2CCCCCC2)ccc1O. The number of benzene rings is 1. The van der Waals surface area contributed by atoms with Gasteiger partial charge in [-0.2, -0.15) is 0 Å². The molecule has 1 aliphatic carbocycles. The Morgan fingerprint density at radius 2 is 1.89 bits per heavy atom. The Bertz CT molecular complexity index is 421. The van der Waals surface area contributed by atoms with Crippen LogP contribution in [0.25, 0.3) is 0 Å². The number of hydrogen-bond donors (Lipinski definition) is 2. The van der Waals surface area contributed by atoms with Gasteiger partial charge in [-0.05, 0) is 43.5 Å². The molecule has 0 aromatic heterocycles. The van der Waals surface area contributed by atoms with Crippen LogP contribution in [0.3, 0.4) is 0 Å². The highest BCUT2D eigenvalue weighted by molar-refractivity contribution is 5.92. The fourth-order valence-electron chi connectivity index (χ4n) is 2.52. The minimum absolute atomic E-state index is 0.127. The summed E-state index contributed by atoms with van der Waals surface area (Å²) in [7, 11) is 0. The molecule has 1 aromatic carbocycles. The molecule has 3 heteroatoms. The highest BCUT2D eigenvalue weighted by Gasteiger charge is 2.20. The van der Waals surface area contributed by atoms with Crippen molar-refractivity contribution in [3.63, 3.8) is 0 Å². The van der Waals surface area contributed by atoms with Gasteiger partial charge < -0.3 is 10.4 Å². The number of nitrogens with one attached hydrogen (secondary N) is 1. The fourth-order valence-corrected chi connectivity index (χ4v) is 2.52. The number of rotatable bonds is 2. The third kappa shape index (κ3) is 3.25. The van der Waals surface area contributed by atoms with Crippen molar-refractivity contribution in [1.82, 2.24) is 0 Å². The van der Waals surface area contributed by atoms with Crippen LogP contribution in [0.2, 0.25) is 0 Å². The van der Waals surface area contributed by atoms with Gasteiger partial charge >= 0.3 is 0 Å². The highest BCUT2D eigenvalue weighted by Crippen LogP contribution is 2.25. The van der Waals surface area contributed by atoms with Crippen LogP contribution in [-0.4, -0.2) is 11.0 Å². The van der Waals surface area contributed by atoms with Gasteiger partial charge in [-0.1, -0.05) is 25.7 Å².